The van der Waals surface area contributed by atoms with Gasteiger partial charge in [-0.05, 0) is 37.5 Å². The molecule has 2 aliphatic heterocycles. The number of fused-ring (bicyclic) bond motifs is 3. The Morgan fingerprint density at radius 2 is 2.19 bits per heavy atom. The lowest BCUT2D eigenvalue weighted by Crippen LogP contribution is -2.56. The molecule has 114 valence electrons. The van der Waals surface area contributed by atoms with Crippen LogP contribution in [0, 0.1) is 5.41 Å². The van der Waals surface area contributed by atoms with Gasteiger partial charge in [0.05, 0.1) is 6.10 Å². The van der Waals surface area contributed by atoms with E-state index in [4.69, 9.17) is 16.3 Å². The van der Waals surface area contributed by atoms with E-state index in [9.17, 15) is 4.79 Å². The van der Waals surface area contributed by atoms with Crippen molar-refractivity contribution in [2.75, 3.05) is 18.6 Å². The van der Waals surface area contributed by atoms with E-state index < -0.39 is 0 Å². The van der Waals surface area contributed by atoms with Crippen LogP contribution in [0.2, 0.25) is 5.15 Å². The molecule has 4 rings (SSSR count). The van der Waals surface area contributed by atoms with E-state index >= 15 is 0 Å². The van der Waals surface area contributed by atoms with E-state index in [1.807, 2.05) is 13.2 Å². The summed E-state index contributed by atoms with van der Waals surface area (Å²) in [6.45, 7) is 1.75. The molecule has 1 atom stereocenters. The van der Waals surface area contributed by atoms with Crippen molar-refractivity contribution in [3.05, 3.63) is 21.7 Å². The molecule has 1 unspecified atom stereocenters. The zero-order chi connectivity index (χ0) is 14.6. The molecule has 1 spiro atoms. The van der Waals surface area contributed by atoms with Crippen LogP contribution in [0.25, 0.3) is 0 Å². The number of rotatable bonds is 1. The first-order chi connectivity index (χ1) is 10.1. The molecule has 3 heterocycles. The van der Waals surface area contributed by atoms with Crippen LogP contribution in [0.4, 0.5) is 5.82 Å². The minimum absolute atomic E-state index is 0.223. The van der Waals surface area contributed by atoms with Crippen molar-refractivity contribution in [1.82, 2.24) is 9.55 Å². The van der Waals surface area contributed by atoms with E-state index in [-0.39, 0.29) is 5.69 Å². The number of nitrogens with zero attached hydrogens (tertiary/aromatic N) is 3. The number of anilines is 1. The summed E-state index contributed by atoms with van der Waals surface area (Å²) in [7, 11) is 1.81. The molecule has 0 amide bonds. The molecule has 3 aliphatic rings. The smallest absolute Gasteiger partial charge is 0.350 e. The van der Waals surface area contributed by atoms with Gasteiger partial charge in [-0.2, -0.15) is 4.98 Å². The summed E-state index contributed by atoms with van der Waals surface area (Å²) in [5, 5.41) is 0.301. The lowest BCUT2D eigenvalue weighted by Gasteiger charge is -2.56. The van der Waals surface area contributed by atoms with Crippen LogP contribution < -0.4 is 10.6 Å². The van der Waals surface area contributed by atoms with Gasteiger partial charge in [0.2, 0.25) is 0 Å². The minimum Gasteiger partial charge on any atom is -0.381 e. The largest absolute Gasteiger partial charge is 0.381 e. The van der Waals surface area contributed by atoms with Crippen LogP contribution >= 0.6 is 11.6 Å². The van der Waals surface area contributed by atoms with Crippen LogP contribution in [0.1, 0.15) is 32.1 Å². The van der Waals surface area contributed by atoms with Gasteiger partial charge in [0.25, 0.3) is 0 Å². The van der Waals surface area contributed by atoms with Gasteiger partial charge in [-0.1, -0.05) is 11.6 Å². The number of hydrogen-bond donors (Lipinski definition) is 0. The van der Waals surface area contributed by atoms with Gasteiger partial charge in [0, 0.05) is 32.3 Å². The summed E-state index contributed by atoms with van der Waals surface area (Å²) in [4.78, 5) is 18.2. The molecule has 1 saturated carbocycles. The molecule has 21 heavy (non-hydrogen) atoms. The van der Waals surface area contributed by atoms with Gasteiger partial charge in [0.15, 0.2) is 0 Å². The molecule has 1 aliphatic carbocycles. The van der Waals surface area contributed by atoms with Crippen molar-refractivity contribution in [3.63, 3.8) is 0 Å². The fourth-order valence-corrected chi connectivity index (χ4v) is 4.62. The molecule has 0 aromatic carbocycles. The third kappa shape index (κ3) is 2.09. The quantitative estimate of drug-likeness (QED) is 0.745. The molecular formula is C15H20ClN3O2. The number of methoxy groups -OCH3 is 1. The Bertz CT molecular complexity index is 624. The molecular weight excluding hydrogens is 290 g/mol. The lowest BCUT2D eigenvalue weighted by molar-refractivity contribution is -0.0781. The van der Waals surface area contributed by atoms with Gasteiger partial charge < -0.3 is 9.64 Å². The van der Waals surface area contributed by atoms with Crippen molar-refractivity contribution in [3.8, 4) is 0 Å². The summed E-state index contributed by atoms with van der Waals surface area (Å²) in [6, 6.07) is 2.36. The predicted molar refractivity (Wildman–Crippen MR) is 81.0 cm³/mol. The minimum atomic E-state index is -0.223. The third-order valence-electron chi connectivity index (χ3n) is 5.59. The molecule has 1 aromatic rings. The van der Waals surface area contributed by atoms with E-state index in [0.29, 0.717) is 22.7 Å². The fraction of sp³-hybridized carbons (Fsp3) is 0.733. The summed E-state index contributed by atoms with van der Waals surface area (Å²) >= 11 is 5.98. The number of piperidine rings is 1. The summed E-state index contributed by atoms with van der Waals surface area (Å²) in [5.41, 5.74) is 0.251. The molecule has 0 bridgehead atoms. The van der Waals surface area contributed by atoms with Crippen LogP contribution in [-0.2, 0) is 11.3 Å². The standard InChI is InChI=1S/C15H20ClN3O2/c1-21-11-8-15(9-11)3-5-18-10(7-15)2-4-19-13(18)6-12(16)17-14(19)20/h6,10-11H,2-5,7-9H2,1H3. The first kappa shape index (κ1) is 13.6. The van der Waals surface area contributed by atoms with Crippen molar-refractivity contribution in [2.45, 2.75) is 50.8 Å². The van der Waals surface area contributed by atoms with Crippen LogP contribution in [0.15, 0.2) is 10.9 Å². The Morgan fingerprint density at radius 3 is 2.95 bits per heavy atom. The molecule has 1 aromatic heterocycles. The van der Waals surface area contributed by atoms with Crippen molar-refractivity contribution in [1.29, 1.82) is 0 Å². The maximum absolute atomic E-state index is 12.0. The molecule has 1 saturated heterocycles. The number of halogens is 1. The summed E-state index contributed by atoms with van der Waals surface area (Å²) < 4.78 is 7.22. The Morgan fingerprint density at radius 1 is 1.38 bits per heavy atom. The average molecular weight is 310 g/mol. The van der Waals surface area contributed by atoms with Crippen molar-refractivity contribution >= 4 is 17.4 Å². The van der Waals surface area contributed by atoms with Gasteiger partial charge in [-0.3, -0.25) is 4.57 Å². The van der Waals surface area contributed by atoms with Crippen molar-refractivity contribution in [2.24, 2.45) is 5.41 Å². The Kier molecular flexibility index (Phi) is 3.05. The second kappa shape index (κ2) is 4.71. The summed E-state index contributed by atoms with van der Waals surface area (Å²) in [5.74, 6) is 0.953. The normalized spacial score (nSPS) is 34.3. The molecule has 6 heteroatoms. The zero-order valence-corrected chi connectivity index (χ0v) is 13.0. The summed E-state index contributed by atoms with van der Waals surface area (Å²) in [6.07, 6.45) is 6.25. The molecule has 5 nitrogen and oxygen atoms in total. The Labute approximate surface area is 128 Å². The molecule has 2 fully saturated rings. The number of hydrogen-bond acceptors (Lipinski definition) is 4. The maximum atomic E-state index is 12.0. The topological polar surface area (TPSA) is 47.4 Å². The average Bonchev–Trinajstić information content (AvgIpc) is 2.43. The van der Waals surface area contributed by atoms with Crippen LogP contribution in [0.3, 0.4) is 0 Å². The van der Waals surface area contributed by atoms with Gasteiger partial charge >= 0.3 is 5.69 Å². The van der Waals surface area contributed by atoms with Gasteiger partial charge in [-0.15, -0.1) is 0 Å². The highest BCUT2D eigenvalue weighted by atomic mass is 35.5. The molecule has 0 radical (unpaired) electrons. The second-order valence-corrected chi connectivity index (χ2v) is 7.11. The Balaban J connectivity index is 1.60. The highest BCUT2D eigenvalue weighted by Crippen LogP contribution is 2.53. The third-order valence-corrected chi connectivity index (χ3v) is 5.78. The number of aromatic nitrogens is 2. The van der Waals surface area contributed by atoms with Crippen LogP contribution in [-0.4, -0.2) is 35.4 Å². The maximum Gasteiger partial charge on any atom is 0.350 e. The van der Waals surface area contributed by atoms with Gasteiger partial charge in [0.1, 0.15) is 11.0 Å². The monoisotopic (exact) mass is 309 g/mol. The SMILES string of the molecule is COC1CC2(CCN3c4cc(Cl)nc(=O)n4CCC3C2)C1. The molecule has 0 N–H and O–H groups in total. The number of ether oxygens (including phenoxy) is 1. The second-order valence-electron chi connectivity index (χ2n) is 6.73. The first-order valence-corrected chi connectivity index (χ1v) is 8.05. The Hall–Kier alpha value is -1.07. The van der Waals surface area contributed by atoms with Crippen LogP contribution in [0.5, 0.6) is 0 Å². The van der Waals surface area contributed by atoms with E-state index in [0.717, 1.165) is 25.3 Å². The van der Waals surface area contributed by atoms with E-state index in [1.165, 1.54) is 25.7 Å². The fourth-order valence-electron chi connectivity index (χ4n) is 4.45. The predicted octanol–water partition coefficient (Wildman–Crippen LogP) is 2.06. The van der Waals surface area contributed by atoms with Gasteiger partial charge in [-0.25, -0.2) is 4.79 Å². The van der Waals surface area contributed by atoms with E-state index in [2.05, 4.69) is 9.88 Å². The van der Waals surface area contributed by atoms with E-state index in [1.54, 1.807) is 4.57 Å². The highest BCUT2D eigenvalue weighted by molar-refractivity contribution is 6.29. The zero-order valence-electron chi connectivity index (χ0n) is 12.2. The van der Waals surface area contributed by atoms with Crippen molar-refractivity contribution < 1.29 is 4.74 Å². The highest BCUT2D eigenvalue weighted by Gasteiger charge is 2.49. The lowest BCUT2D eigenvalue weighted by atomic mass is 9.59. The first-order valence-electron chi connectivity index (χ1n) is 7.67.